The highest BCUT2D eigenvalue weighted by atomic mass is 16.1. The largest absolute Gasteiger partial charge is 0.298 e. The first kappa shape index (κ1) is 10.7. The van der Waals surface area contributed by atoms with Gasteiger partial charge in [0, 0.05) is 6.42 Å². The number of Topliss-reactive ketones (excluding diaryl/α,β-unsaturated/α-hetero) is 1. The Labute approximate surface area is 91.7 Å². The van der Waals surface area contributed by atoms with Crippen LogP contribution in [0.25, 0.3) is 0 Å². The van der Waals surface area contributed by atoms with E-state index < -0.39 is 5.41 Å². The summed E-state index contributed by atoms with van der Waals surface area (Å²) in [5.74, 6) is 0.540. The number of nitriles is 1. The van der Waals surface area contributed by atoms with Gasteiger partial charge in [-0.15, -0.1) is 0 Å². The fourth-order valence-corrected chi connectivity index (χ4v) is 3.73. The minimum Gasteiger partial charge on any atom is -0.298 e. The van der Waals surface area contributed by atoms with Crippen LogP contribution >= 0.6 is 0 Å². The van der Waals surface area contributed by atoms with Crippen molar-refractivity contribution in [2.24, 2.45) is 16.7 Å². The number of carbonyl (C=O) groups is 1. The van der Waals surface area contributed by atoms with Crippen LogP contribution in [0.4, 0.5) is 0 Å². The van der Waals surface area contributed by atoms with Gasteiger partial charge in [-0.25, -0.2) is 0 Å². The lowest BCUT2D eigenvalue weighted by Gasteiger charge is -2.51. The Morgan fingerprint density at radius 1 is 1.33 bits per heavy atom. The van der Waals surface area contributed by atoms with Crippen LogP contribution in [-0.2, 0) is 4.79 Å². The molecule has 2 heteroatoms. The van der Waals surface area contributed by atoms with E-state index in [1.807, 2.05) is 0 Å². The summed E-state index contributed by atoms with van der Waals surface area (Å²) in [6, 6.07) is 2.41. The van der Waals surface area contributed by atoms with Crippen LogP contribution in [0.5, 0.6) is 0 Å². The maximum absolute atomic E-state index is 12.2. The van der Waals surface area contributed by atoms with E-state index in [1.54, 1.807) is 0 Å². The molecule has 2 aliphatic carbocycles. The van der Waals surface area contributed by atoms with Gasteiger partial charge in [0.2, 0.25) is 0 Å². The summed E-state index contributed by atoms with van der Waals surface area (Å²) in [6.07, 6.45) is 5.94. The molecule has 2 aliphatic rings. The number of nitrogens with zero attached hydrogens (tertiary/aromatic N) is 1. The van der Waals surface area contributed by atoms with Gasteiger partial charge in [-0.3, -0.25) is 4.79 Å². The third kappa shape index (κ3) is 1.25. The van der Waals surface area contributed by atoms with E-state index in [0.29, 0.717) is 12.3 Å². The molecule has 2 nitrogen and oxygen atoms in total. The minimum absolute atomic E-state index is 0.123. The molecule has 0 aromatic carbocycles. The highest BCUT2D eigenvalue weighted by Crippen LogP contribution is 2.57. The van der Waals surface area contributed by atoms with Crippen LogP contribution in [0.3, 0.4) is 0 Å². The monoisotopic (exact) mass is 205 g/mol. The van der Waals surface area contributed by atoms with Crippen molar-refractivity contribution in [2.75, 3.05) is 0 Å². The van der Waals surface area contributed by atoms with Crippen molar-refractivity contribution in [2.45, 2.75) is 52.4 Å². The van der Waals surface area contributed by atoms with Gasteiger partial charge in [-0.1, -0.05) is 20.3 Å². The van der Waals surface area contributed by atoms with Crippen molar-refractivity contribution in [1.29, 1.82) is 5.26 Å². The second-order valence-electron chi connectivity index (χ2n) is 5.71. The normalized spacial score (nSPS) is 39.3. The number of rotatable bonds is 0. The van der Waals surface area contributed by atoms with Crippen molar-refractivity contribution in [3.05, 3.63) is 0 Å². The van der Waals surface area contributed by atoms with E-state index in [0.717, 1.165) is 25.7 Å². The molecule has 0 aliphatic heterocycles. The highest BCUT2D eigenvalue weighted by Gasteiger charge is 2.58. The van der Waals surface area contributed by atoms with Gasteiger partial charge in [0.05, 0.1) is 6.07 Å². The van der Waals surface area contributed by atoms with Crippen LogP contribution in [-0.4, -0.2) is 5.78 Å². The van der Waals surface area contributed by atoms with Crippen LogP contribution in [0.1, 0.15) is 52.4 Å². The molecule has 0 aromatic heterocycles. The lowest BCUT2D eigenvalue weighted by atomic mass is 9.49. The molecule has 0 radical (unpaired) electrons. The van der Waals surface area contributed by atoms with E-state index in [1.165, 1.54) is 6.42 Å². The predicted octanol–water partition coefficient (Wildman–Crippen LogP) is 3.08. The first-order valence-corrected chi connectivity index (χ1v) is 5.99. The smallest absolute Gasteiger partial charge is 0.153 e. The van der Waals surface area contributed by atoms with E-state index in [4.69, 9.17) is 0 Å². The van der Waals surface area contributed by atoms with Gasteiger partial charge >= 0.3 is 0 Å². The molecule has 0 spiro atoms. The molecular weight excluding hydrogens is 186 g/mol. The van der Waals surface area contributed by atoms with Crippen molar-refractivity contribution < 1.29 is 4.79 Å². The molecule has 0 saturated heterocycles. The van der Waals surface area contributed by atoms with Crippen molar-refractivity contribution in [1.82, 2.24) is 0 Å². The quantitative estimate of drug-likeness (QED) is 0.609. The maximum atomic E-state index is 12.2. The summed E-state index contributed by atoms with van der Waals surface area (Å²) < 4.78 is 0. The van der Waals surface area contributed by atoms with Gasteiger partial charge < -0.3 is 0 Å². The summed E-state index contributed by atoms with van der Waals surface area (Å²) in [6.45, 7) is 4.21. The average Bonchev–Trinajstić information content (AvgIpc) is 2.17. The van der Waals surface area contributed by atoms with Gasteiger partial charge in [-0.2, -0.15) is 5.26 Å². The molecule has 0 bridgehead atoms. The van der Waals surface area contributed by atoms with E-state index >= 15 is 0 Å². The molecule has 2 unspecified atom stereocenters. The lowest BCUT2D eigenvalue weighted by molar-refractivity contribution is -0.142. The minimum atomic E-state index is -0.663. The Kier molecular flexibility index (Phi) is 2.37. The van der Waals surface area contributed by atoms with Crippen LogP contribution < -0.4 is 0 Å². The average molecular weight is 205 g/mol. The predicted molar refractivity (Wildman–Crippen MR) is 58.0 cm³/mol. The molecule has 15 heavy (non-hydrogen) atoms. The summed E-state index contributed by atoms with van der Waals surface area (Å²) in [7, 11) is 0. The molecule has 0 N–H and O–H groups in total. The molecule has 2 saturated carbocycles. The van der Waals surface area contributed by atoms with Crippen LogP contribution in [0.2, 0.25) is 0 Å². The van der Waals surface area contributed by atoms with Crippen molar-refractivity contribution in [3.8, 4) is 6.07 Å². The number of hydrogen-bond acceptors (Lipinski definition) is 2. The standard InChI is InChI=1S/C13H19NO/c1-12(2)8-4-6-10-5-3-7-11(15)13(10,12)9-14/h10H,3-8H2,1-2H3. The third-order valence-electron chi connectivity index (χ3n) is 4.61. The zero-order valence-electron chi connectivity index (χ0n) is 9.68. The van der Waals surface area contributed by atoms with E-state index in [-0.39, 0.29) is 11.2 Å². The molecule has 2 atom stereocenters. The van der Waals surface area contributed by atoms with Crippen LogP contribution in [0.15, 0.2) is 0 Å². The van der Waals surface area contributed by atoms with E-state index in [2.05, 4.69) is 19.9 Å². The Bertz CT molecular complexity index is 324. The number of ketones is 1. The molecule has 82 valence electrons. The summed E-state index contributed by atoms with van der Waals surface area (Å²) in [4.78, 5) is 12.2. The van der Waals surface area contributed by atoms with Gasteiger partial charge in [0.25, 0.3) is 0 Å². The summed E-state index contributed by atoms with van der Waals surface area (Å²) in [5, 5.41) is 9.51. The van der Waals surface area contributed by atoms with Crippen molar-refractivity contribution >= 4 is 5.78 Å². The zero-order valence-corrected chi connectivity index (χ0v) is 9.68. The fraction of sp³-hybridized carbons (Fsp3) is 0.846. The third-order valence-corrected chi connectivity index (χ3v) is 4.61. The second kappa shape index (κ2) is 3.33. The molecule has 0 amide bonds. The molecule has 0 heterocycles. The Morgan fingerprint density at radius 2 is 2.00 bits per heavy atom. The number of fused-ring (bicyclic) bond motifs is 1. The topological polar surface area (TPSA) is 40.9 Å². The Hall–Kier alpha value is -0.840. The van der Waals surface area contributed by atoms with Crippen LogP contribution in [0, 0.1) is 28.1 Å². The van der Waals surface area contributed by atoms with Gasteiger partial charge in [-0.05, 0) is 37.0 Å². The van der Waals surface area contributed by atoms with E-state index in [9.17, 15) is 10.1 Å². The zero-order chi connectivity index (χ0) is 11.1. The Balaban J connectivity index is 2.48. The van der Waals surface area contributed by atoms with Gasteiger partial charge in [0.15, 0.2) is 5.78 Å². The number of hydrogen-bond donors (Lipinski definition) is 0. The highest BCUT2D eigenvalue weighted by molar-refractivity contribution is 5.89. The summed E-state index contributed by atoms with van der Waals surface area (Å²) >= 11 is 0. The Morgan fingerprint density at radius 3 is 2.60 bits per heavy atom. The fourth-order valence-electron chi connectivity index (χ4n) is 3.73. The first-order chi connectivity index (χ1) is 7.04. The second-order valence-corrected chi connectivity index (χ2v) is 5.71. The molecule has 0 aromatic rings. The number of carbonyl (C=O) groups excluding carboxylic acids is 1. The lowest BCUT2D eigenvalue weighted by Crippen LogP contribution is -2.53. The summed E-state index contributed by atoms with van der Waals surface area (Å²) in [5.41, 5.74) is -0.786. The SMILES string of the molecule is CC1(C)CCCC2CCCC(=O)C21C#N. The molecular formula is C13H19NO. The van der Waals surface area contributed by atoms with Crippen molar-refractivity contribution in [3.63, 3.8) is 0 Å². The maximum Gasteiger partial charge on any atom is 0.153 e. The first-order valence-electron chi connectivity index (χ1n) is 5.99. The molecule has 2 fully saturated rings. The molecule has 2 rings (SSSR count). The van der Waals surface area contributed by atoms with Gasteiger partial charge in [0.1, 0.15) is 5.41 Å².